The number of aliphatic hydroxyl groups is 1. The van der Waals surface area contributed by atoms with Crippen LogP contribution in [0.15, 0.2) is 0 Å². The van der Waals surface area contributed by atoms with Crippen LogP contribution in [0.1, 0.15) is 45.4 Å². The van der Waals surface area contributed by atoms with E-state index in [-0.39, 0.29) is 5.91 Å². The second kappa shape index (κ2) is 6.21. The number of carbonyl (C=O) groups excluding carboxylic acids is 1. The maximum atomic E-state index is 11.4. The molecule has 0 heterocycles. The van der Waals surface area contributed by atoms with Crippen molar-refractivity contribution in [1.29, 1.82) is 0 Å². The molecule has 16 heavy (non-hydrogen) atoms. The van der Waals surface area contributed by atoms with E-state index in [2.05, 4.69) is 12.2 Å². The van der Waals surface area contributed by atoms with Crippen molar-refractivity contribution in [3.63, 3.8) is 0 Å². The van der Waals surface area contributed by atoms with Crippen LogP contribution in [0.3, 0.4) is 0 Å². The predicted molar refractivity (Wildman–Crippen MR) is 63.9 cm³/mol. The summed E-state index contributed by atoms with van der Waals surface area (Å²) in [5.74, 6) is 0.553. The molecule has 4 N–H and O–H groups in total. The number of amides is 1. The Bertz CT molecular complexity index is 233. The fraction of sp³-hybridized carbons (Fsp3) is 0.917. The minimum atomic E-state index is -0.684. The summed E-state index contributed by atoms with van der Waals surface area (Å²) < 4.78 is 0. The molecule has 1 aliphatic carbocycles. The lowest BCUT2D eigenvalue weighted by molar-refractivity contribution is -0.123. The lowest BCUT2D eigenvalue weighted by Gasteiger charge is -2.35. The van der Waals surface area contributed by atoms with Crippen LogP contribution in [0.2, 0.25) is 0 Å². The van der Waals surface area contributed by atoms with Gasteiger partial charge < -0.3 is 16.2 Å². The summed E-state index contributed by atoms with van der Waals surface area (Å²) in [6, 6.07) is 0. The molecule has 0 saturated heterocycles. The highest BCUT2D eigenvalue weighted by molar-refractivity contribution is 5.75. The van der Waals surface area contributed by atoms with Crippen LogP contribution in [0.4, 0.5) is 0 Å². The minimum Gasteiger partial charge on any atom is -0.388 e. The third kappa shape index (κ3) is 4.49. The summed E-state index contributed by atoms with van der Waals surface area (Å²) in [5, 5.41) is 13.1. The summed E-state index contributed by atoms with van der Waals surface area (Å²) in [6.45, 7) is 3.08. The van der Waals surface area contributed by atoms with Crippen LogP contribution < -0.4 is 11.1 Å². The van der Waals surface area contributed by atoms with Crippen LogP contribution in [0, 0.1) is 5.92 Å². The van der Waals surface area contributed by atoms with E-state index in [1.807, 2.05) is 0 Å². The van der Waals surface area contributed by atoms with Crippen molar-refractivity contribution in [1.82, 2.24) is 5.32 Å². The van der Waals surface area contributed by atoms with Crippen LogP contribution in [0.25, 0.3) is 0 Å². The molecular weight excluding hydrogens is 204 g/mol. The maximum Gasteiger partial charge on any atom is 0.220 e. The van der Waals surface area contributed by atoms with Crippen molar-refractivity contribution in [2.24, 2.45) is 11.7 Å². The van der Waals surface area contributed by atoms with Crippen LogP contribution in [0.5, 0.6) is 0 Å². The summed E-state index contributed by atoms with van der Waals surface area (Å²) in [4.78, 5) is 11.4. The van der Waals surface area contributed by atoms with Gasteiger partial charge in [-0.2, -0.15) is 0 Å². The molecule has 1 fully saturated rings. The Morgan fingerprint density at radius 3 is 3.00 bits per heavy atom. The van der Waals surface area contributed by atoms with Gasteiger partial charge in [-0.25, -0.2) is 0 Å². The highest BCUT2D eigenvalue weighted by Gasteiger charge is 2.32. The van der Waals surface area contributed by atoms with Crippen molar-refractivity contribution < 1.29 is 9.90 Å². The number of nitrogens with two attached hydrogens (primary N) is 1. The largest absolute Gasteiger partial charge is 0.388 e. The fourth-order valence-electron chi connectivity index (χ4n) is 2.41. The van der Waals surface area contributed by atoms with Gasteiger partial charge in [-0.3, -0.25) is 4.79 Å². The van der Waals surface area contributed by atoms with Gasteiger partial charge in [-0.15, -0.1) is 0 Å². The van der Waals surface area contributed by atoms with E-state index in [0.29, 0.717) is 31.8 Å². The molecule has 1 amide bonds. The van der Waals surface area contributed by atoms with Gasteiger partial charge in [0.25, 0.3) is 0 Å². The van der Waals surface area contributed by atoms with E-state index >= 15 is 0 Å². The monoisotopic (exact) mass is 228 g/mol. The molecule has 0 spiro atoms. The van der Waals surface area contributed by atoms with Gasteiger partial charge in [0, 0.05) is 13.0 Å². The van der Waals surface area contributed by atoms with Crippen molar-refractivity contribution in [2.45, 2.75) is 51.0 Å². The number of hydrogen-bond acceptors (Lipinski definition) is 3. The zero-order chi connectivity index (χ0) is 12.0. The average molecular weight is 228 g/mol. The van der Waals surface area contributed by atoms with Gasteiger partial charge in [0.05, 0.1) is 5.60 Å². The van der Waals surface area contributed by atoms with Crippen LogP contribution >= 0.6 is 0 Å². The Hall–Kier alpha value is -0.610. The second-order valence-corrected chi connectivity index (χ2v) is 5.09. The van der Waals surface area contributed by atoms with E-state index in [9.17, 15) is 9.90 Å². The van der Waals surface area contributed by atoms with Crippen LogP contribution in [-0.4, -0.2) is 29.7 Å². The number of rotatable bonds is 5. The SMILES string of the molecule is CC1CCCC(O)(CNC(=O)CCCN)C1. The molecule has 1 aliphatic rings. The third-order valence-electron chi connectivity index (χ3n) is 3.29. The number of hydrogen-bond donors (Lipinski definition) is 3. The first-order valence-electron chi connectivity index (χ1n) is 6.25. The molecule has 0 radical (unpaired) electrons. The standard InChI is InChI=1S/C12H24N2O2/c1-10-4-2-6-12(16,8-10)9-14-11(15)5-3-7-13/h10,16H,2-9,13H2,1H3,(H,14,15). The van der Waals surface area contributed by atoms with Gasteiger partial charge in [-0.05, 0) is 31.7 Å². The molecule has 1 rings (SSSR count). The van der Waals surface area contributed by atoms with E-state index in [0.717, 1.165) is 19.3 Å². The highest BCUT2D eigenvalue weighted by atomic mass is 16.3. The number of carbonyl (C=O) groups is 1. The molecule has 0 aromatic carbocycles. The lowest BCUT2D eigenvalue weighted by Crippen LogP contribution is -2.45. The number of nitrogens with one attached hydrogen (secondary N) is 1. The molecule has 0 bridgehead atoms. The molecule has 0 aromatic heterocycles. The normalized spacial score (nSPS) is 30.1. The molecule has 4 heteroatoms. The average Bonchev–Trinajstić information content (AvgIpc) is 2.23. The highest BCUT2D eigenvalue weighted by Crippen LogP contribution is 2.31. The van der Waals surface area contributed by atoms with Gasteiger partial charge in [-0.1, -0.05) is 19.8 Å². The van der Waals surface area contributed by atoms with Gasteiger partial charge in [0.15, 0.2) is 0 Å². The van der Waals surface area contributed by atoms with E-state index in [4.69, 9.17) is 5.73 Å². The summed E-state index contributed by atoms with van der Waals surface area (Å²) in [6.07, 6.45) is 5.00. The lowest BCUT2D eigenvalue weighted by atomic mass is 9.79. The molecule has 2 atom stereocenters. The van der Waals surface area contributed by atoms with E-state index < -0.39 is 5.60 Å². The predicted octanol–water partition coefficient (Wildman–Crippen LogP) is 0.783. The summed E-state index contributed by atoms with van der Waals surface area (Å²) in [7, 11) is 0. The molecule has 94 valence electrons. The molecule has 0 aliphatic heterocycles. The first-order chi connectivity index (χ1) is 7.56. The van der Waals surface area contributed by atoms with Gasteiger partial charge >= 0.3 is 0 Å². The Kier molecular flexibility index (Phi) is 5.22. The summed E-state index contributed by atoms with van der Waals surface area (Å²) in [5.41, 5.74) is 4.65. The summed E-state index contributed by atoms with van der Waals surface area (Å²) >= 11 is 0. The Balaban J connectivity index is 2.27. The fourth-order valence-corrected chi connectivity index (χ4v) is 2.41. The quantitative estimate of drug-likeness (QED) is 0.651. The van der Waals surface area contributed by atoms with Crippen LogP contribution in [-0.2, 0) is 4.79 Å². The molecule has 4 nitrogen and oxygen atoms in total. The Labute approximate surface area is 97.6 Å². The van der Waals surface area contributed by atoms with Crippen molar-refractivity contribution in [2.75, 3.05) is 13.1 Å². The van der Waals surface area contributed by atoms with E-state index in [1.54, 1.807) is 0 Å². The minimum absolute atomic E-state index is 0.00268. The first kappa shape index (κ1) is 13.5. The zero-order valence-corrected chi connectivity index (χ0v) is 10.2. The first-order valence-corrected chi connectivity index (χ1v) is 6.25. The van der Waals surface area contributed by atoms with E-state index in [1.165, 1.54) is 6.42 Å². The molecule has 1 saturated carbocycles. The Morgan fingerprint density at radius 1 is 1.62 bits per heavy atom. The topological polar surface area (TPSA) is 75.3 Å². The molecule has 2 unspecified atom stereocenters. The van der Waals surface area contributed by atoms with Crippen molar-refractivity contribution in [3.8, 4) is 0 Å². The van der Waals surface area contributed by atoms with Gasteiger partial charge in [0.1, 0.15) is 0 Å². The molecular formula is C12H24N2O2. The van der Waals surface area contributed by atoms with Gasteiger partial charge in [0.2, 0.25) is 5.91 Å². The molecule has 0 aromatic rings. The Morgan fingerprint density at radius 2 is 2.38 bits per heavy atom. The van der Waals surface area contributed by atoms with Crippen molar-refractivity contribution in [3.05, 3.63) is 0 Å². The second-order valence-electron chi connectivity index (χ2n) is 5.09. The smallest absolute Gasteiger partial charge is 0.220 e. The maximum absolute atomic E-state index is 11.4. The zero-order valence-electron chi connectivity index (χ0n) is 10.2. The third-order valence-corrected chi connectivity index (χ3v) is 3.29. The van der Waals surface area contributed by atoms with Crippen molar-refractivity contribution >= 4 is 5.91 Å².